The van der Waals surface area contributed by atoms with Crippen molar-refractivity contribution in [2.75, 3.05) is 13.2 Å². The maximum Gasteiger partial charge on any atom is 0.119 e. The molecule has 1 unspecified atom stereocenters. The third kappa shape index (κ3) is 6.73. The molecule has 0 saturated carbocycles. The van der Waals surface area contributed by atoms with Crippen LogP contribution in [0.5, 0.6) is 5.75 Å². The molecule has 0 bridgehead atoms. The van der Waals surface area contributed by atoms with Gasteiger partial charge < -0.3 is 15.2 Å². The fraction of sp³-hybridized carbons (Fsp3) is 0.625. The van der Waals surface area contributed by atoms with Gasteiger partial charge in [-0.1, -0.05) is 22.9 Å². The van der Waals surface area contributed by atoms with Gasteiger partial charge in [0.2, 0.25) is 0 Å². The predicted molar refractivity (Wildman–Crippen MR) is 87.3 cm³/mol. The van der Waals surface area contributed by atoms with Crippen LogP contribution in [-0.4, -0.2) is 24.9 Å². The molecular formula is C16H26BrNO2. The van der Waals surface area contributed by atoms with Crippen molar-refractivity contribution in [1.82, 2.24) is 0 Å². The Hall–Kier alpha value is -0.580. The fourth-order valence-electron chi connectivity index (χ4n) is 1.73. The lowest BCUT2D eigenvalue weighted by molar-refractivity contribution is -0.0163. The maximum absolute atomic E-state index is 6.01. The number of hydrogen-bond donors (Lipinski definition) is 1. The lowest BCUT2D eigenvalue weighted by Gasteiger charge is -2.19. The highest BCUT2D eigenvalue weighted by Crippen LogP contribution is 2.24. The number of hydrogen-bond acceptors (Lipinski definition) is 3. The van der Waals surface area contributed by atoms with Gasteiger partial charge in [-0.05, 0) is 57.4 Å². The Bertz CT molecular complexity index is 415. The van der Waals surface area contributed by atoms with Crippen LogP contribution in [0, 0.1) is 0 Å². The Morgan fingerprint density at radius 2 is 1.95 bits per heavy atom. The van der Waals surface area contributed by atoms with E-state index in [1.165, 1.54) is 5.56 Å². The summed E-state index contributed by atoms with van der Waals surface area (Å²) in [6, 6.07) is 6.21. The number of benzene rings is 1. The molecule has 3 nitrogen and oxygen atoms in total. The third-order valence-electron chi connectivity index (χ3n) is 2.91. The van der Waals surface area contributed by atoms with E-state index in [4.69, 9.17) is 15.2 Å². The molecule has 0 fully saturated rings. The van der Waals surface area contributed by atoms with Gasteiger partial charge in [0.25, 0.3) is 0 Å². The van der Waals surface area contributed by atoms with E-state index in [0.717, 1.165) is 23.1 Å². The molecule has 2 N–H and O–H groups in total. The zero-order chi connectivity index (χ0) is 15.2. The third-order valence-corrected chi connectivity index (χ3v) is 3.68. The van der Waals surface area contributed by atoms with Crippen molar-refractivity contribution in [3.8, 4) is 5.75 Å². The second-order valence-electron chi connectivity index (χ2n) is 5.93. The van der Waals surface area contributed by atoms with Crippen LogP contribution < -0.4 is 10.5 Å². The average Bonchev–Trinajstić information content (AvgIpc) is 2.37. The average molecular weight is 344 g/mol. The van der Waals surface area contributed by atoms with E-state index >= 15 is 0 Å². The molecule has 0 aliphatic heterocycles. The molecule has 20 heavy (non-hydrogen) atoms. The van der Waals surface area contributed by atoms with Crippen molar-refractivity contribution in [2.24, 2.45) is 5.73 Å². The molecule has 4 heteroatoms. The summed E-state index contributed by atoms with van der Waals surface area (Å²) in [5.74, 6) is 0.865. The highest BCUT2D eigenvalue weighted by molar-refractivity contribution is 9.10. The quantitative estimate of drug-likeness (QED) is 0.763. The van der Waals surface area contributed by atoms with E-state index in [1.54, 1.807) is 0 Å². The van der Waals surface area contributed by atoms with Gasteiger partial charge >= 0.3 is 0 Å². The van der Waals surface area contributed by atoms with Crippen molar-refractivity contribution >= 4 is 15.9 Å². The van der Waals surface area contributed by atoms with E-state index in [1.807, 2.05) is 32.9 Å². The summed E-state index contributed by atoms with van der Waals surface area (Å²) in [6.45, 7) is 9.36. The lowest BCUT2D eigenvalue weighted by Crippen LogP contribution is -2.22. The monoisotopic (exact) mass is 343 g/mol. The molecule has 0 spiro atoms. The highest BCUT2D eigenvalue weighted by Gasteiger charge is 2.10. The van der Waals surface area contributed by atoms with Crippen LogP contribution in [0.2, 0.25) is 0 Å². The van der Waals surface area contributed by atoms with Crippen molar-refractivity contribution < 1.29 is 9.47 Å². The maximum atomic E-state index is 6.01. The van der Waals surface area contributed by atoms with Crippen LogP contribution in [0.15, 0.2) is 22.7 Å². The first-order chi connectivity index (χ1) is 9.31. The second-order valence-corrected chi connectivity index (χ2v) is 6.79. The molecule has 0 amide bonds. The minimum Gasteiger partial charge on any atom is -0.491 e. The summed E-state index contributed by atoms with van der Waals surface area (Å²) in [7, 11) is 0. The topological polar surface area (TPSA) is 44.5 Å². The number of rotatable bonds is 7. The smallest absolute Gasteiger partial charge is 0.119 e. The lowest BCUT2D eigenvalue weighted by atomic mass is 10.0. The molecule has 0 aliphatic carbocycles. The van der Waals surface area contributed by atoms with E-state index in [0.29, 0.717) is 13.2 Å². The van der Waals surface area contributed by atoms with Crippen LogP contribution in [-0.2, 0) is 11.2 Å². The van der Waals surface area contributed by atoms with E-state index in [9.17, 15) is 0 Å². The summed E-state index contributed by atoms with van der Waals surface area (Å²) >= 11 is 3.56. The summed E-state index contributed by atoms with van der Waals surface area (Å²) in [6.07, 6.45) is 1.82. The van der Waals surface area contributed by atoms with Crippen LogP contribution >= 0.6 is 15.9 Å². The Labute approximate surface area is 131 Å². The first kappa shape index (κ1) is 17.5. The largest absolute Gasteiger partial charge is 0.491 e. The molecule has 114 valence electrons. The normalized spacial score (nSPS) is 13.3. The molecule has 1 rings (SSSR count). The van der Waals surface area contributed by atoms with Crippen molar-refractivity contribution in [3.05, 3.63) is 28.2 Å². The molecule has 1 atom stereocenters. The van der Waals surface area contributed by atoms with E-state index < -0.39 is 0 Å². The summed E-state index contributed by atoms with van der Waals surface area (Å²) in [5.41, 5.74) is 7.08. The zero-order valence-corrected chi connectivity index (χ0v) is 14.5. The van der Waals surface area contributed by atoms with Gasteiger partial charge in [-0.25, -0.2) is 0 Å². The van der Waals surface area contributed by atoms with Gasteiger partial charge in [-0.3, -0.25) is 0 Å². The Morgan fingerprint density at radius 3 is 2.55 bits per heavy atom. The van der Waals surface area contributed by atoms with Crippen LogP contribution in [0.25, 0.3) is 0 Å². The Kier molecular flexibility index (Phi) is 7.00. The predicted octanol–water partition coefficient (Wildman–Crippen LogP) is 3.92. The van der Waals surface area contributed by atoms with Crippen molar-refractivity contribution in [2.45, 2.75) is 52.2 Å². The molecule has 1 aromatic carbocycles. The molecular weight excluding hydrogens is 318 g/mol. The van der Waals surface area contributed by atoms with Gasteiger partial charge in [0.05, 0.1) is 12.2 Å². The first-order valence-corrected chi connectivity index (χ1v) is 7.92. The number of ether oxygens (including phenoxy) is 2. The molecule has 0 saturated heterocycles. The van der Waals surface area contributed by atoms with Gasteiger partial charge in [-0.2, -0.15) is 0 Å². The number of halogens is 1. The summed E-state index contributed by atoms with van der Waals surface area (Å²) < 4.78 is 12.4. The van der Waals surface area contributed by atoms with Crippen LogP contribution in [0.1, 0.15) is 39.7 Å². The van der Waals surface area contributed by atoms with Gasteiger partial charge in [0.1, 0.15) is 12.4 Å². The minimum absolute atomic E-state index is 0.123. The fourth-order valence-corrected chi connectivity index (χ4v) is 2.14. The van der Waals surface area contributed by atoms with Crippen molar-refractivity contribution in [3.63, 3.8) is 0 Å². The Balaban J connectivity index is 2.52. The van der Waals surface area contributed by atoms with Crippen molar-refractivity contribution in [1.29, 1.82) is 0 Å². The highest BCUT2D eigenvalue weighted by atomic mass is 79.9. The molecule has 0 aliphatic rings. The second kappa shape index (κ2) is 8.01. The molecule has 0 aromatic heterocycles. The molecule has 1 aromatic rings. The van der Waals surface area contributed by atoms with Gasteiger partial charge in [-0.15, -0.1) is 0 Å². The summed E-state index contributed by atoms with van der Waals surface area (Å²) in [4.78, 5) is 0. The molecule has 0 radical (unpaired) electrons. The number of nitrogens with two attached hydrogens (primary N) is 1. The van der Waals surface area contributed by atoms with Gasteiger partial charge in [0, 0.05) is 10.5 Å². The zero-order valence-electron chi connectivity index (χ0n) is 12.9. The van der Waals surface area contributed by atoms with Gasteiger partial charge in [0.15, 0.2) is 0 Å². The molecule has 0 heterocycles. The SMILES string of the molecule is CCC(N)Cc1cc(OCCOC(C)(C)C)ccc1Br. The summed E-state index contributed by atoms with van der Waals surface area (Å²) in [5, 5.41) is 0. The first-order valence-electron chi connectivity index (χ1n) is 7.12. The van der Waals surface area contributed by atoms with E-state index in [2.05, 4.69) is 28.9 Å². The Morgan fingerprint density at radius 1 is 1.25 bits per heavy atom. The van der Waals surface area contributed by atoms with Crippen LogP contribution in [0.4, 0.5) is 0 Å². The standard InChI is InChI=1S/C16H26BrNO2/c1-5-13(18)10-12-11-14(6-7-15(12)17)19-8-9-20-16(2,3)4/h6-7,11,13H,5,8-10,18H2,1-4H3. The van der Waals surface area contributed by atoms with E-state index in [-0.39, 0.29) is 11.6 Å². The minimum atomic E-state index is -0.123. The van der Waals surface area contributed by atoms with Crippen LogP contribution in [0.3, 0.4) is 0 Å².